The molecule has 150 valence electrons. The van der Waals surface area contributed by atoms with E-state index in [4.69, 9.17) is 9.26 Å². The Morgan fingerprint density at radius 3 is 2.54 bits per heavy atom. The van der Waals surface area contributed by atoms with Crippen LogP contribution in [0.5, 0.6) is 0 Å². The standard InChI is InChI=1S/C17H18FN3O6S/c1-12-9-15(27-19-12)17(23)26-11-16(22)20-5-7-21(8-6-20)28(24,25)14-4-2-3-13(18)10-14/h2-4,9-10H,5-8,11H2,1H3. The van der Waals surface area contributed by atoms with Crippen LogP contribution in [0.1, 0.15) is 16.2 Å². The maximum Gasteiger partial charge on any atom is 0.377 e. The number of esters is 1. The van der Waals surface area contributed by atoms with Crippen LogP contribution in [-0.2, 0) is 19.6 Å². The van der Waals surface area contributed by atoms with E-state index in [-0.39, 0.29) is 36.8 Å². The number of benzene rings is 1. The minimum absolute atomic E-state index is 0.0554. The van der Waals surface area contributed by atoms with Gasteiger partial charge in [0.1, 0.15) is 5.82 Å². The molecule has 0 spiro atoms. The summed E-state index contributed by atoms with van der Waals surface area (Å²) < 4.78 is 49.3. The maximum absolute atomic E-state index is 13.3. The topological polar surface area (TPSA) is 110 Å². The molecule has 11 heteroatoms. The van der Waals surface area contributed by atoms with Crippen LogP contribution in [0.25, 0.3) is 0 Å². The van der Waals surface area contributed by atoms with Crippen LogP contribution in [0.2, 0.25) is 0 Å². The van der Waals surface area contributed by atoms with Crippen LogP contribution >= 0.6 is 0 Å². The predicted molar refractivity (Wildman–Crippen MR) is 93.3 cm³/mol. The second-order valence-electron chi connectivity index (χ2n) is 6.15. The Morgan fingerprint density at radius 1 is 1.21 bits per heavy atom. The van der Waals surface area contributed by atoms with Gasteiger partial charge in [0.15, 0.2) is 6.61 Å². The van der Waals surface area contributed by atoms with Crippen molar-refractivity contribution in [1.82, 2.24) is 14.4 Å². The van der Waals surface area contributed by atoms with Crippen molar-refractivity contribution >= 4 is 21.9 Å². The number of carbonyl (C=O) groups excluding carboxylic acids is 2. The number of aryl methyl sites for hydroxylation is 1. The summed E-state index contributed by atoms with van der Waals surface area (Å²) >= 11 is 0. The fourth-order valence-electron chi connectivity index (χ4n) is 2.70. The monoisotopic (exact) mass is 411 g/mol. The fraction of sp³-hybridized carbons (Fsp3) is 0.353. The van der Waals surface area contributed by atoms with Crippen molar-refractivity contribution in [2.75, 3.05) is 32.8 Å². The maximum atomic E-state index is 13.3. The van der Waals surface area contributed by atoms with Crippen molar-refractivity contribution in [2.24, 2.45) is 0 Å². The van der Waals surface area contributed by atoms with E-state index in [1.807, 2.05) is 0 Å². The smallest absolute Gasteiger partial charge is 0.377 e. The third-order valence-corrected chi connectivity index (χ3v) is 6.08. The number of carbonyl (C=O) groups is 2. The number of amides is 1. The summed E-state index contributed by atoms with van der Waals surface area (Å²) in [7, 11) is -3.84. The number of hydrogen-bond donors (Lipinski definition) is 0. The van der Waals surface area contributed by atoms with Crippen LogP contribution in [0.4, 0.5) is 4.39 Å². The van der Waals surface area contributed by atoms with Crippen molar-refractivity contribution in [3.05, 3.63) is 47.6 Å². The number of rotatable bonds is 5. The van der Waals surface area contributed by atoms with Crippen molar-refractivity contribution in [3.63, 3.8) is 0 Å². The van der Waals surface area contributed by atoms with E-state index in [1.54, 1.807) is 6.92 Å². The van der Waals surface area contributed by atoms with Crippen LogP contribution in [-0.4, -0.2) is 67.4 Å². The van der Waals surface area contributed by atoms with E-state index in [2.05, 4.69) is 5.16 Å². The lowest BCUT2D eigenvalue weighted by molar-refractivity contribution is -0.135. The quantitative estimate of drug-likeness (QED) is 0.670. The summed E-state index contributed by atoms with van der Waals surface area (Å²) in [4.78, 5) is 25.2. The number of sulfonamides is 1. The van der Waals surface area contributed by atoms with Crippen molar-refractivity contribution in [3.8, 4) is 0 Å². The number of hydrogen-bond acceptors (Lipinski definition) is 7. The largest absolute Gasteiger partial charge is 0.450 e. The Morgan fingerprint density at radius 2 is 1.93 bits per heavy atom. The summed E-state index contributed by atoms with van der Waals surface area (Å²) in [5.41, 5.74) is 0.508. The molecule has 1 aromatic carbocycles. The first-order valence-electron chi connectivity index (χ1n) is 8.41. The number of halogens is 1. The van der Waals surface area contributed by atoms with Crippen molar-refractivity contribution < 1.29 is 31.7 Å². The Hall–Kier alpha value is -2.79. The molecule has 1 fully saturated rings. The molecule has 1 aliphatic heterocycles. The lowest BCUT2D eigenvalue weighted by Gasteiger charge is -2.33. The van der Waals surface area contributed by atoms with Crippen LogP contribution in [0, 0.1) is 12.7 Å². The normalized spacial score (nSPS) is 15.4. The molecule has 1 aromatic heterocycles. The van der Waals surface area contributed by atoms with Gasteiger partial charge in [-0.15, -0.1) is 0 Å². The third-order valence-electron chi connectivity index (χ3n) is 4.18. The SMILES string of the molecule is Cc1cc(C(=O)OCC(=O)N2CCN(S(=O)(=O)c3cccc(F)c3)CC2)on1. The zero-order valence-corrected chi connectivity index (χ0v) is 15.8. The van der Waals surface area contributed by atoms with Gasteiger partial charge >= 0.3 is 5.97 Å². The van der Waals surface area contributed by atoms with Crippen molar-refractivity contribution in [1.29, 1.82) is 0 Å². The average molecular weight is 411 g/mol. The zero-order chi connectivity index (χ0) is 20.3. The van der Waals surface area contributed by atoms with Crippen LogP contribution < -0.4 is 0 Å². The zero-order valence-electron chi connectivity index (χ0n) is 15.0. The first-order chi connectivity index (χ1) is 13.3. The molecule has 0 unspecified atom stereocenters. The molecule has 0 aliphatic carbocycles. The molecule has 0 radical (unpaired) electrons. The molecule has 0 atom stereocenters. The first kappa shape index (κ1) is 20.0. The Labute approximate surface area is 160 Å². The number of aromatic nitrogens is 1. The Bertz CT molecular complexity index is 982. The second-order valence-corrected chi connectivity index (χ2v) is 8.09. The van der Waals surface area contributed by atoms with Gasteiger partial charge in [-0.2, -0.15) is 4.31 Å². The van der Waals surface area contributed by atoms with E-state index < -0.39 is 34.3 Å². The van der Waals surface area contributed by atoms with Gasteiger partial charge in [-0.1, -0.05) is 11.2 Å². The second kappa shape index (κ2) is 8.07. The molecule has 1 saturated heterocycles. The molecule has 0 N–H and O–H groups in total. The van der Waals surface area contributed by atoms with Crippen LogP contribution in [0.15, 0.2) is 39.8 Å². The van der Waals surface area contributed by atoms with Gasteiger partial charge in [0, 0.05) is 32.2 Å². The minimum Gasteiger partial charge on any atom is -0.450 e. The van der Waals surface area contributed by atoms with Crippen LogP contribution in [0.3, 0.4) is 0 Å². The molecule has 9 nitrogen and oxygen atoms in total. The molecule has 1 aliphatic rings. The lowest BCUT2D eigenvalue weighted by Crippen LogP contribution is -2.51. The Balaban J connectivity index is 1.53. The summed E-state index contributed by atoms with van der Waals surface area (Å²) in [6.07, 6.45) is 0. The van der Waals surface area contributed by atoms with E-state index in [9.17, 15) is 22.4 Å². The molecular weight excluding hydrogens is 393 g/mol. The lowest BCUT2D eigenvalue weighted by atomic mass is 10.3. The molecule has 2 heterocycles. The van der Waals surface area contributed by atoms with Gasteiger partial charge in [-0.25, -0.2) is 17.6 Å². The highest BCUT2D eigenvalue weighted by Gasteiger charge is 2.30. The van der Waals surface area contributed by atoms with Gasteiger partial charge in [-0.05, 0) is 25.1 Å². The number of nitrogens with zero attached hydrogens (tertiary/aromatic N) is 3. The highest BCUT2D eigenvalue weighted by atomic mass is 32.2. The van der Waals surface area contributed by atoms with E-state index in [0.29, 0.717) is 5.69 Å². The summed E-state index contributed by atoms with van der Waals surface area (Å²) in [5.74, 6) is -2.00. The van der Waals surface area contributed by atoms with Gasteiger partial charge in [0.25, 0.3) is 5.91 Å². The molecule has 0 bridgehead atoms. The highest BCUT2D eigenvalue weighted by Crippen LogP contribution is 2.18. The minimum atomic E-state index is -3.84. The van der Waals surface area contributed by atoms with Gasteiger partial charge in [0.2, 0.25) is 15.8 Å². The summed E-state index contributed by atoms with van der Waals surface area (Å²) in [6, 6.07) is 6.16. The van der Waals surface area contributed by atoms with E-state index in [1.165, 1.54) is 27.4 Å². The van der Waals surface area contributed by atoms with Crippen molar-refractivity contribution in [2.45, 2.75) is 11.8 Å². The highest BCUT2D eigenvalue weighted by molar-refractivity contribution is 7.89. The van der Waals surface area contributed by atoms with E-state index >= 15 is 0 Å². The molecule has 3 rings (SSSR count). The predicted octanol–water partition coefficient (Wildman–Crippen LogP) is 0.812. The summed E-state index contributed by atoms with van der Waals surface area (Å²) in [5, 5.41) is 3.56. The third kappa shape index (κ3) is 4.37. The van der Waals surface area contributed by atoms with E-state index in [0.717, 1.165) is 12.1 Å². The number of ether oxygens (including phenoxy) is 1. The summed E-state index contributed by atoms with van der Waals surface area (Å²) in [6.45, 7) is 1.52. The molecule has 1 amide bonds. The molecule has 2 aromatic rings. The van der Waals surface area contributed by atoms with Gasteiger partial charge in [-0.3, -0.25) is 4.79 Å². The molecule has 0 saturated carbocycles. The van der Waals surface area contributed by atoms with Gasteiger partial charge in [0.05, 0.1) is 10.6 Å². The number of piperazine rings is 1. The Kier molecular flexibility index (Phi) is 5.75. The average Bonchev–Trinajstić information content (AvgIpc) is 3.12. The fourth-order valence-corrected chi connectivity index (χ4v) is 4.16. The first-order valence-corrected chi connectivity index (χ1v) is 9.85. The molecule has 28 heavy (non-hydrogen) atoms. The molecular formula is C17H18FN3O6S. The van der Waals surface area contributed by atoms with Gasteiger partial charge < -0.3 is 14.2 Å².